The van der Waals surface area contributed by atoms with Crippen molar-refractivity contribution < 1.29 is 0 Å². The van der Waals surface area contributed by atoms with Crippen molar-refractivity contribution in [1.29, 1.82) is 0 Å². The molecular weight excluding hydrogens is 196 g/mol. The van der Waals surface area contributed by atoms with E-state index in [1.54, 1.807) is 0 Å². The summed E-state index contributed by atoms with van der Waals surface area (Å²) in [5, 5.41) is 3.09. The SMILES string of the molecule is CNCc1ccc(-c2ccc(C)cc2)cn1. The van der Waals surface area contributed by atoms with Gasteiger partial charge in [0.25, 0.3) is 0 Å². The molecule has 0 atom stereocenters. The van der Waals surface area contributed by atoms with Crippen LogP contribution in [0, 0.1) is 6.92 Å². The van der Waals surface area contributed by atoms with E-state index in [2.05, 4.69) is 53.6 Å². The number of nitrogens with one attached hydrogen (secondary N) is 1. The van der Waals surface area contributed by atoms with Crippen LogP contribution in [0.5, 0.6) is 0 Å². The van der Waals surface area contributed by atoms with Crippen LogP contribution in [0.15, 0.2) is 42.6 Å². The van der Waals surface area contributed by atoms with Crippen LogP contribution in [0.1, 0.15) is 11.3 Å². The van der Waals surface area contributed by atoms with Gasteiger partial charge in [0.15, 0.2) is 0 Å². The van der Waals surface area contributed by atoms with Crippen molar-refractivity contribution in [1.82, 2.24) is 10.3 Å². The Morgan fingerprint density at radius 1 is 1.00 bits per heavy atom. The summed E-state index contributed by atoms with van der Waals surface area (Å²) in [6, 6.07) is 12.7. The third-order valence-electron chi connectivity index (χ3n) is 2.57. The number of hydrogen-bond acceptors (Lipinski definition) is 2. The molecule has 0 radical (unpaired) electrons. The molecule has 1 heterocycles. The summed E-state index contributed by atoms with van der Waals surface area (Å²) in [4.78, 5) is 4.40. The Balaban J connectivity index is 2.24. The molecule has 82 valence electrons. The molecule has 0 saturated heterocycles. The number of pyridine rings is 1. The molecule has 0 unspecified atom stereocenters. The first-order chi connectivity index (χ1) is 7.79. The summed E-state index contributed by atoms with van der Waals surface area (Å²) < 4.78 is 0. The van der Waals surface area contributed by atoms with Crippen LogP contribution in [0.2, 0.25) is 0 Å². The molecule has 1 N–H and O–H groups in total. The van der Waals surface area contributed by atoms with Crippen molar-refractivity contribution in [3.05, 3.63) is 53.9 Å². The Labute approximate surface area is 96.4 Å². The molecule has 0 aliphatic rings. The first-order valence-corrected chi connectivity index (χ1v) is 5.46. The predicted molar refractivity (Wildman–Crippen MR) is 67.2 cm³/mol. The lowest BCUT2D eigenvalue weighted by Gasteiger charge is -2.03. The van der Waals surface area contributed by atoms with Gasteiger partial charge in [0.2, 0.25) is 0 Å². The van der Waals surface area contributed by atoms with Gasteiger partial charge in [0.1, 0.15) is 0 Å². The third kappa shape index (κ3) is 2.47. The molecule has 1 aromatic carbocycles. The summed E-state index contributed by atoms with van der Waals surface area (Å²) in [5.74, 6) is 0. The van der Waals surface area contributed by atoms with Gasteiger partial charge in [-0.3, -0.25) is 4.98 Å². The van der Waals surface area contributed by atoms with E-state index in [1.165, 1.54) is 16.7 Å². The van der Waals surface area contributed by atoms with E-state index in [-0.39, 0.29) is 0 Å². The largest absolute Gasteiger partial charge is 0.314 e. The van der Waals surface area contributed by atoms with Crippen molar-refractivity contribution in [2.45, 2.75) is 13.5 Å². The van der Waals surface area contributed by atoms with Gasteiger partial charge < -0.3 is 5.32 Å². The van der Waals surface area contributed by atoms with E-state index in [1.807, 2.05) is 13.2 Å². The number of benzene rings is 1. The van der Waals surface area contributed by atoms with Gasteiger partial charge in [-0.25, -0.2) is 0 Å². The van der Waals surface area contributed by atoms with E-state index in [0.717, 1.165) is 12.2 Å². The van der Waals surface area contributed by atoms with Crippen molar-refractivity contribution >= 4 is 0 Å². The van der Waals surface area contributed by atoms with E-state index < -0.39 is 0 Å². The van der Waals surface area contributed by atoms with Crippen LogP contribution in [-0.4, -0.2) is 12.0 Å². The highest BCUT2D eigenvalue weighted by Gasteiger charge is 1.98. The average molecular weight is 212 g/mol. The molecule has 0 aliphatic heterocycles. The minimum Gasteiger partial charge on any atom is -0.314 e. The number of rotatable bonds is 3. The molecular formula is C14H16N2. The van der Waals surface area contributed by atoms with E-state index in [4.69, 9.17) is 0 Å². The van der Waals surface area contributed by atoms with Crippen LogP contribution >= 0.6 is 0 Å². The fourth-order valence-electron chi connectivity index (χ4n) is 1.63. The molecule has 16 heavy (non-hydrogen) atoms. The van der Waals surface area contributed by atoms with Gasteiger partial charge in [0, 0.05) is 18.3 Å². The maximum Gasteiger partial charge on any atom is 0.0542 e. The van der Waals surface area contributed by atoms with Crippen molar-refractivity contribution in [3.8, 4) is 11.1 Å². The lowest BCUT2D eigenvalue weighted by atomic mass is 10.1. The topological polar surface area (TPSA) is 24.9 Å². The Morgan fingerprint density at radius 3 is 2.25 bits per heavy atom. The van der Waals surface area contributed by atoms with E-state index in [0.29, 0.717) is 0 Å². The van der Waals surface area contributed by atoms with Gasteiger partial charge in [-0.05, 0) is 25.6 Å². The Bertz CT molecular complexity index is 443. The minimum atomic E-state index is 0.814. The van der Waals surface area contributed by atoms with E-state index >= 15 is 0 Å². The lowest BCUT2D eigenvalue weighted by Crippen LogP contribution is -2.06. The second-order valence-corrected chi connectivity index (χ2v) is 3.93. The first kappa shape index (κ1) is 10.8. The highest BCUT2D eigenvalue weighted by Crippen LogP contribution is 2.18. The van der Waals surface area contributed by atoms with Crippen molar-refractivity contribution in [3.63, 3.8) is 0 Å². The predicted octanol–water partition coefficient (Wildman–Crippen LogP) is 2.78. The zero-order valence-electron chi connectivity index (χ0n) is 9.70. The second kappa shape index (κ2) is 4.90. The summed E-state index contributed by atoms with van der Waals surface area (Å²) >= 11 is 0. The van der Waals surface area contributed by atoms with Gasteiger partial charge in [-0.15, -0.1) is 0 Å². The van der Waals surface area contributed by atoms with Crippen LogP contribution in [0.25, 0.3) is 11.1 Å². The normalized spacial score (nSPS) is 10.4. The first-order valence-electron chi connectivity index (χ1n) is 5.46. The minimum absolute atomic E-state index is 0.814. The fraction of sp³-hybridized carbons (Fsp3) is 0.214. The molecule has 2 aromatic rings. The Morgan fingerprint density at radius 2 is 1.69 bits per heavy atom. The number of nitrogens with zero attached hydrogens (tertiary/aromatic N) is 1. The lowest BCUT2D eigenvalue weighted by molar-refractivity contribution is 0.791. The van der Waals surface area contributed by atoms with Crippen LogP contribution in [0.3, 0.4) is 0 Å². The zero-order valence-corrected chi connectivity index (χ0v) is 9.70. The monoisotopic (exact) mass is 212 g/mol. The number of aryl methyl sites for hydroxylation is 1. The van der Waals surface area contributed by atoms with Gasteiger partial charge in [-0.1, -0.05) is 35.9 Å². The van der Waals surface area contributed by atoms with Crippen LogP contribution in [0.4, 0.5) is 0 Å². The molecule has 0 spiro atoms. The number of aromatic nitrogens is 1. The third-order valence-corrected chi connectivity index (χ3v) is 2.57. The second-order valence-electron chi connectivity index (χ2n) is 3.93. The summed E-state index contributed by atoms with van der Waals surface area (Å²) in [6.45, 7) is 2.91. The highest BCUT2D eigenvalue weighted by molar-refractivity contribution is 5.62. The standard InChI is InChI=1S/C14H16N2/c1-11-3-5-12(6-4-11)13-7-8-14(10-15-2)16-9-13/h3-9,15H,10H2,1-2H3. The highest BCUT2D eigenvalue weighted by atomic mass is 14.8. The van der Waals surface area contributed by atoms with Gasteiger partial charge in [-0.2, -0.15) is 0 Å². The maximum atomic E-state index is 4.40. The molecule has 2 nitrogen and oxygen atoms in total. The Hall–Kier alpha value is -1.67. The van der Waals surface area contributed by atoms with Crippen LogP contribution < -0.4 is 5.32 Å². The molecule has 0 fully saturated rings. The van der Waals surface area contributed by atoms with Gasteiger partial charge >= 0.3 is 0 Å². The zero-order chi connectivity index (χ0) is 11.4. The van der Waals surface area contributed by atoms with E-state index in [9.17, 15) is 0 Å². The molecule has 0 amide bonds. The molecule has 2 rings (SSSR count). The summed E-state index contributed by atoms with van der Waals surface area (Å²) in [5.41, 5.74) is 4.73. The molecule has 2 heteroatoms. The molecule has 0 bridgehead atoms. The van der Waals surface area contributed by atoms with Crippen molar-refractivity contribution in [2.75, 3.05) is 7.05 Å². The smallest absolute Gasteiger partial charge is 0.0542 e. The molecule has 0 aliphatic carbocycles. The summed E-state index contributed by atoms with van der Waals surface area (Å²) in [7, 11) is 1.93. The molecule has 0 saturated carbocycles. The summed E-state index contributed by atoms with van der Waals surface area (Å²) in [6.07, 6.45) is 1.93. The average Bonchev–Trinajstić information content (AvgIpc) is 2.32. The Kier molecular flexibility index (Phi) is 3.32. The number of hydrogen-bond donors (Lipinski definition) is 1. The van der Waals surface area contributed by atoms with Crippen LogP contribution in [-0.2, 0) is 6.54 Å². The molecule has 1 aromatic heterocycles. The van der Waals surface area contributed by atoms with Gasteiger partial charge in [0.05, 0.1) is 5.69 Å². The fourth-order valence-corrected chi connectivity index (χ4v) is 1.63. The van der Waals surface area contributed by atoms with Crippen molar-refractivity contribution in [2.24, 2.45) is 0 Å². The maximum absolute atomic E-state index is 4.40. The quantitative estimate of drug-likeness (QED) is 0.846.